The molecule has 2 aromatic carbocycles. The number of piperazine rings is 1. The molecule has 0 unspecified atom stereocenters. The van der Waals surface area contributed by atoms with Gasteiger partial charge in [0.05, 0.1) is 42.2 Å². The van der Waals surface area contributed by atoms with E-state index in [9.17, 15) is 9.59 Å². The van der Waals surface area contributed by atoms with Gasteiger partial charge in [0.25, 0.3) is 5.56 Å². The number of hydrogen-bond acceptors (Lipinski definition) is 7. The van der Waals surface area contributed by atoms with Crippen LogP contribution in [0, 0.1) is 6.92 Å². The van der Waals surface area contributed by atoms with E-state index in [1.807, 2.05) is 58.9 Å². The van der Waals surface area contributed by atoms with Gasteiger partial charge in [0, 0.05) is 68.4 Å². The van der Waals surface area contributed by atoms with E-state index in [2.05, 4.69) is 25.3 Å². The first-order chi connectivity index (χ1) is 22.9. The molecule has 6 aromatic rings. The Kier molecular flexibility index (Phi) is 7.16. The SMILES string of the molecule is COc1cccc2c1cc1c(=O)[nH]c3c(OC)cc(-c4nc([C@H]5CC[C@H](N6CCN(C(C)=O)CC6)CC5)n5ccnc(C)c45)cc3n12. The minimum atomic E-state index is -0.201. The predicted octanol–water partition coefficient (Wildman–Crippen LogP) is 5.16. The van der Waals surface area contributed by atoms with Gasteiger partial charge in [-0.25, -0.2) is 4.98 Å². The van der Waals surface area contributed by atoms with Crippen LogP contribution in [0.25, 0.3) is 44.2 Å². The van der Waals surface area contributed by atoms with E-state index >= 15 is 0 Å². The molecule has 47 heavy (non-hydrogen) atoms. The fraction of sp³-hybridized carbons (Fsp3) is 0.389. The van der Waals surface area contributed by atoms with Crippen molar-refractivity contribution < 1.29 is 14.3 Å². The van der Waals surface area contributed by atoms with Gasteiger partial charge in [0.15, 0.2) is 0 Å². The molecule has 0 bridgehead atoms. The lowest BCUT2D eigenvalue weighted by atomic mass is 9.84. The zero-order valence-electron chi connectivity index (χ0n) is 27.2. The van der Waals surface area contributed by atoms with Crippen molar-refractivity contribution in [3.05, 3.63) is 70.7 Å². The summed E-state index contributed by atoms with van der Waals surface area (Å²) < 4.78 is 15.7. The van der Waals surface area contributed by atoms with Gasteiger partial charge in [0.2, 0.25) is 5.91 Å². The van der Waals surface area contributed by atoms with E-state index < -0.39 is 0 Å². The maximum atomic E-state index is 13.3. The monoisotopic (exact) mass is 633 g/mol. The molecule has 11 heteroatoms. The smallest absolute Gasteiger partial charge is 0.272 e. The Balaban J connectivity index is 1.21. The van der Waals surface area contributed by atoms with Crippen molar-refractivity contribution in [2.45, 2.75) is 51.5 Å². The average molecular weight is 634 g/mol. The highest BCUT2D eigenvalue weighted by molar-refractivity contribution is 5.99. The molecule has 5 heterocycles. The number of imidazole rings is 1. The molecule has 1 saturated carbocycles. The van der Waals surface area contributed by atoms with Crippen LogP contribution in [0.3, 0.4) is 0 Å². The maximum absolute atomic E-state index is 13.3. The third kappa shape index (κ3) is 4.74. The normalized spacial score (nSPS) is 19.3. The molecular formula is C36H39N7O4. The van der Waals surface area contributed by atoms with Crippen LogP contribution in [0.5, 0.6) is 11.5 Å². The zero-order chi connectivity index (χ0) is 32.4. The molecule has 0 spiro atoms. The first-order valence-corrected chi connectivity index (χ1v) is 16.4. The number of aryl methyl sites for hydroxylation is 1. The van der Waals surface area contributed by atoms with Crippen LogP contribution in [-0.4, -0.2) is 85.9 Å². The molecule has 1 saturated heterocycles. The fourth-order valence-corrected chi connectivity index (χ4v) is 8.00. The number of amides is 1. The summed E-state index contributed by atoms with van der Waals surface area (Å²) in [6.45, 7) is 7.22. The van der Waals surface area contributed by atoms with E-state index in [1.54, 1.807) is 21.1 Å². The molecular weight excluding hydrogens is 594 g/mol. The first kappa shape index (κ1) is 29.5. The van der Waals surface area contributed by atoms with Crippen molar-refractivity contribution in [1.82, 2.24) is 33.6 Å². The minimum absolute atomic E-state index is 0.170. The molecule has 242 valence electrons. The van der Waals surface area contributed by atoms with Crippen molar-refractivity contribution in [2.24, 2.45) is 0 Å². The van der Waals surface area contributed by atoms with E-state index in [4.69, 9.17) is 14.5 Å². The van der Waals surface area contributed by atoms with Crippen LogP contribution in [0.2, 0.25) is 0 Å². The standard InChI is InChI=1S/C36H39N7O4/c1-21-34-32(38-35(42(34)13-12-37-21)23-8-10-25(11-9-23)41-16-14-40(15-17-41)22(2)44)24-18-28-33(31(19-24)47-4)39-36(45)29-20-26-27(43(28)29)6-5-7-30(26)46-3/h5-7,12-13,18-20,23,25H,8-11,14-17H2,1-4H3,(H,39,45)/t23-,25-. The number of rotatable bonds is 5. The predicted molar refractivity (Wildman–Crippen MR) is 182 cm³/mol. The number of carbonyl (C=O) groups excluding carboxylic acids is 1. The highest BCUT2D eigenvalue weighted by Crippen LogP contribution is 2.40. The lowest BCUT2D eigenvalue weighted by Crippen LogP contribution is -2.52. The van der Waals surface area contributed by atoms with Crippen molar-refractivity contribution in [2.75, 3.05) is 40.4 Å². The Morgan fingerprint density at radius 1 is 0.936 bits per heavy atom. The number of aromatic nitrogens is 5. The van der Waals surface area contributed by atoms with Crippen LogP contribution < -0.4 is 15.0 Å². The molecule has 0 radical (unpaired) electrons. The quantitative estimate of drug-likeness (QED) is 0.279. The largest absolute Gasteiger partial charge is 0.496 e. The van der Waals surface area contributed by atoms with E-state index in [-0.39, 0.29) is 11.5 Å². The Morgan fingerprint density at radius 3 is 2.43 bits per heavy atom. The number of benzene rings is 2. The zero-order valence-corrected chi connectivity index (χ0v) is 27.2. The van der Waals surface area contributed by atoms with E-state index in [1.165, 1.54) is 0 Å². The van der Waals surface area contributed by atoms with E-state index in [0.717, 1.165) is 96.6 Å². The van der Waals surface area contributed by atoms with Crippen LogP contribution in [-0.2, 0) is 4.79 Å². The summed E-state index contributed by atoms with van der Waals surface area (Å²) in [5, 5.41) is 0.864. The molecule has 1 N–H and O–H groups in total. The number of nitrogens with zero attached hydrogens (tertiary/aromatic N) is 6. The van der Waals surface area contributed by atoms with E-state index in [0.29, 0.717) is 34.5 Å². The molecule has 1 amide bonds. The van der Waals surface area contributed by atoms with Gasteiger partial charge in [-0.15, -0.1) is 0 Å². The fourth-order valence-electron chi connectivity index (χ4n) is 8.00. The van der Waals surface area contributed by atoms with Crippen LogP contribution in [0.1, 0.15) is 50.0 Å². The first-order valence-electron chi connectivity index (χ1n) is 16.4. The Hall–Kier alpha value is -4.90. The lowest BCUT2D eigenvalue weighted by molar-refractivity contribution is -0.131. The second-order valence-corrected chi connectivity index (χ2v) is 12.9. The number of nitrogens with one attached hydrogen (secondary N) is 1. The Bertz CT molecular complexity index is 2230. The number of ether oxygens (including phenoxy) is 2. The number of hydrogen-bond donors (Lipinski definition) is 1. The van der Waals surface area contributed by atoms with Gasteiger partial charge >= 0.3 is 0 Å². The van der Waals surface area contributed by atoms with Gasteiger partial charge < -0.3 is 23.8 Å². The van der Waals surface area contributed by atoms with Gasteiger partial charge in [-0.05, 0) is 62.9 Å². The van der Waals surface area contributed by atoms with Gasteiger partial charge in [-0.3, -0.25) is 23.9 Å². The summed E-state index contributed by atoms with van der Waals surface area (Å²) in [4.78, 5) is 42.8. The summed E-state index contributed by atoms with van der Waals surface area (Å²) >= 11 is 0. The molecule has 11 nitrogen and oxygen atoms in total. The van der Waals surface area contributed by atoms with Crippen molar-refractivity contribution in [1.29, 1.82) is 0 Å². The minimum Gasteiger partial charge on any atom is -0.496 e. The van der Waals surface area contributed by atoms with Crippen molar-refractivity contribution in [3.8, 4) is 22.8 Å². The highest BCUT2D eigenvalue weighted by Gasteiger charge is 2.32. The molecule has 8 rings (SSSR count). The molecule has 0 atom stereocenters. The topological polar surface area (TPSA) is 109 Å². The summed E-state index contributed by atoms with van der Waals surface area (Å²) in [5.41, 5.74) is 6.26. The molecule has 2 fully saturated rings. The van der Waals surface area contributed by atoms with Crippen molar-refractivity contribution >= 4 is 38.9 Å². The molecule has 2 aliphatic rings. The van der Waals surface area contributed by atoms with Crippen LogP contribution >= 0.6 is 0 Å². The number of aromatic amines is 1. The summed E-state index contributed by atoms with van der Waals surface area (Å²) in [5.74, 6) is 2.82. The Morgan fingerprint density at radius 2 is 1.70 bits per heavy atom. The van der Waals surface area contributed by atoms with Crippen LogP contribution in [0.15, 0.2) is 53.6 Å². The Labute approximate surface area is 271 Å². The number of carbonyl (C=O) groups is 1. The third-order valence-corrected chi connectivity index (χ3v) is 10.4. The number of fused-ring (bicyclic) bond motifs is 6. The summed E-state index contributed by atoms with van der Waals surface area (Å²) in [7, 11) is 3.27. The molecule has 1 aliphatic heterocycles. The number of methoxy groups -OCH3 is 2. The summed E-state index contributed by atoms with van der Waals surface area (Å²) in [6, 6.07) is 12.3. The second-order valence-electron chi connectivity index (χ2n) is 12.9. The van der Waals surface area contributed by atoms with Gasteiger partial charge in [0.1, 0.15) is 28.4 Å². The van der Waals surface area contributed by atoms with Crippen LogP contribution in [0.4, 0.5) is 0 Å². The average Bonchev–Trinajstić information content (AvgIpc) is 3.69. The summed E-state index contributed by atoms with van der Waals surface area (Å²) in [6.07, 6.45) is 8.21. The lowest BCUT2D eigenvalue weighted by Gasteiger charge is -2.41. The van der Waals surface area contributed by atoms with Crippen molar-refractivity contribution in [3.63, 3.8) is 0 Å². The third-order valence-electron chi connectivity index (χ3n) is 10.4. The van der Waals surface area contributed by atoms with Gasteiger partial charge in [-0.1, -0.05) is 6.07 Å². The second kappa shape index (κ2) is 11.4. The highest BCUT2D eigenvalue weighted by atomic mass is 16.5. The molecule has 1 aliphatic carbocycles. The van der Waals surface area contributed by atoms with Gasteiger partial charge in [-0.2, -0.15) is 0 Å². The molecule has 4 aromatic heterocycles. The number of H-pyrrole nitrogens is 1. The maximum Gasteiger partial charge on any atom is 0.272 e.